The van der Waals surface area contributed by atoms with Gasteiger partial charge in [0.15, 0.2) is 0 Å². The number of pyridine rings is 1. The molecule has 0 bridgehead atoms. The second-order valence-corrected chi connectivity index (χ2v) is 11.5. The second-order valence-electron chi connectivity index (χ2n) is 11.5. The van der Waals surface area contributed by atoms with Crippen LogP contribution in [0.3, 0.4) is 0 Å². The van der Waals surface area contributed by atoms with Crippen LogP contribution in [0.4, 0.5) is 10.5 Å². The molecule has 0 amide bonds. The Morgan fingerprint density at radius 1 is 1.08 bits per heavy atom. The molecular formula is C30H33N3O5. The molecule has 38 heavy (non-hydrogen) atoms. The zero-order valence-corrected chi connectivity index (χ0v) is 21.8. The van der Waals surface area contributed by atoms with Gasteiger partial charge >= 0.3 is 6.16 Å². The molecule has 1 aromatic carbocycles. The molecule has 0 spiro atoms. The molecular weight excluding hydrogens is 482 g/mol. The molecule has 3 heterocycles. The molecule has 8 nitrogen and oxygen atoms in total. The first-order valence-electron chi connectivity index (χ1n) is 13.5. The van der Waals surface area contributed by atoms with Crippen molar-refractivity contribution in [2.24, 2.45) is 10.8 Å². The molecule has 2 fully saturated rings. The number of ether oxygens (including phenoxy) is 2. The molecule has 2 aromatic rings. The van der Waals surface area contributed by atoms with Gasteiger partial charge < -0.3 is 9.47 Å². The first-order valence-corrected chi connectivity index (χ1v) is 13.5. The molecule has 1 saturated carbocycles. The van der Waals surface area contributed by atoms with Crippen LogP contribution < -0.4 is 4.74 Å². The van der Waals surface area contributed by atoms with E-state index in [1.807, 2.05) is 18.5 Å². The maximum Gasteiger partial charge on any atom is 0.514 e. The van der Waals surface area contributed by atoms with Gasteiger partial charge in [-0.25, -0.2) is 4.79 Å². The molecule has 2 aliphatic carbocycles. The van der Waals surface area contributed by atoms with E-state index in [0.29, 0.717) is 12.1 Å². The molecule has 0 radical (unpaired) electrons. The second kappa shape index (κ2) is 9.34. The summed E-state index contributed by atoms with van der Waals surface area (Å²) in [4.78, 5) is 29.9. The number of hydrogen-bond acceptors (Lipinski definition) is 7. The summed E-state index contributed by atoms with van der Waals surface area (Å²) >= 11 is 0. The Hall–Kier alpha value is -3.52. The van der Waals surface area contributed by atoms with E-state index in [4.69, 9.17) is 9.47 Å². The Balaban J connectivity index is 1.12. The van der Waals surface area contributed by atoms with Gasteiger partial charge in [0, 0.05) is 60.4 Å². The van der Waals surface area contributed by atoms with Gasteiger partial charge in [-0.05, 0) is 61.4 Å². The van der Waals surface area contributed by atoms with Crippen molar-refractivity contribution in [3.05, 3.63) is 82.2 Å². The third-order valence-corrected chi connectivity index (χ3v) is 9.57. The molecule has 5 unspecified atom stereocenters. The Morgan fingerprint density at radius 2 is 1.87 bits per heavy atom. The standard InChI is InChI=1S/C30H33N3O5/c1-29-14-11-24(38-28(34)37-23-7-5-22(6-8-23)33(35)36)18-21(29)13-17-32-26-10-9-25(20-4-3-16-31-19-20)30(26,2)15-12-27(29)32/h3-9,13,16,19,24,26-27H,10-12,14-15,17-18H2,1-2H3. The summed E-state index contributed by atoms with van der Waals surface area (Å²) in [5.74, 6) is 0.231. The molecule has 8 heteroatoms. The van der Waals surface area contributed by atoms with Crippen LogP contribution >= 0.6 is 0 Å². The summed E-state index contributed by atoms with van der Waals surface area (Å²) in [7, 11) is 0. The van der Waals surface area contributed by atoms with Crippen LogP contribution in [0.1, 0.15) is 57.9 Å². The highest BCUT2D eigenvalue weighted by molar-refractivity contribution is 5.73. The highest BCUT2D eigenvalue weighted by Crippen LogP contribution is 2.59. The molecule has 1 aromatic heterocycles. The maximum atomic E-state index is 12.5. The zero-order valence-electron chi connectivity index (χ0n) is 21.8. The fraction of sp³-hybridized carbons (Fsp3) is 0.467. The van der Waals surface area contributed by atoms with Gasteiger partial charge in [-0.3, -0.25) is 20.0 Å². The van der Waals surface area contributed by atoms with E-state index in [1.54, 1.807) is 0 Å². The van der Waals surface area contributed by atoms with Crippen molar-refractivity contribution in [1.82, 2.24) is 9.88 Å². The van der Waals surface area contributed by atoms with Crippen LogP contribution in [0.25, 0.3) is 5.57 Å². The number of rotatable bonds is 4. The van der Waals surface area contributed by atoms with Crippen molar-refractivity contribution >= 4 is 17.4 Å². The Morgan fingerprint density at radius 3 is 2.61 bits per heavy atom. The quantitative estimate of drug-likeness (QED) is 0.154. The number of benzene rings is 1. The van der Waals surface area contributed by atoms with Crippen LogP contribution in [-0.2, 0) is 4.74 Å². The summed E-state index contributed by atoms with van der Waals surface area (Å²) in [5.41, 5.74) is 4.22. The highest BCUT2D eigenvalue weighted by Gasteiger charge is 2.56. The van der Waals surface area contributed by atoms with Crippen molar-refractivity contribution in [1.29, 1.82) is 0 Å². The van der Waals surface area contributed by atoms with Crippen molar-refractivity contribution in [3.63, 3.8) is 0 Å². The summed E-state index contributed by atoms with van der Waals surface area (Å²) < 4.78 is 11.0. The van der Waals surface area contributed by atoms with E-state index in [9.17, 15) is 14.9 Å². The number of fused-ring (bicyclic) bond motifs is 5. The molecule has 4 aliphatic rings. The Kier molecular flexibility index (Phi) is 6.10. The number of non-ortho nitro benzene ring substituents is 1. The largest absolute Gasteiger partial charge is 0.514 e. The Bertz CT molecular complexity index is 1310. The van der Waals surface area contributed by atoms with Gasteiger partial charge in [0.2, 0.25) is 0 Å². The monoisotopic (exact) mass is 515 g/mol. The lowest BCUT2D eigenvalue weighted by Gasteiger charge is -2.59. The highest BCUT2D eigenvalue weighted by atomic mass is 16.7. The van der Waals surface area contributed by atoms with Gasteiger partial charge in [-0.2, -0.15) is 0 Å². The van der Waals surface area contributed by atoms with Gasteiger partial charge in [0.1, 0.15) is 11.9 Å². The average Bonchev–Trinajstić information content (AvgIpc) is 3.27. The van der Waals surface area contributed by atoms with Gasteiger partial charge in [0.05, 0.1) is 4.92 Å². The lowest BCUT2D eigenvalue weighted by Crippen LogP contribution is -2.62. The summed E-state index contributed by atoms with van der Waals surface area (Å²) in [6.07, 6.45) is 13.5. The number of aromatic nitrogens is 1. The van der Waals surface area contributed by atoms with Crippen molar-refractivity contribution in [3.8, 4) is 5.75 Å². The number of carbonyl (C=O) groups is 1. The predicted octanol–water partition coefficient (Wildman–Crippen LogP) is 6.33. The molecule has 0 N–H and O–H groups in total. The van der Waals surface area contributed by atoms with E-state index >= 15 is 0 Å². The lowest BCUT2D eigenvalue weighted by atomic mass is 9.58. The van der Waals surface area contributed by atoms with Crippen LogP contribution in [0.5, 0.6) is 5.75 Å². The zero-order chi connectivity index (χ0) is 26.5. The smallest absolute Gasteiger partial charge is 0.430 e. The van der Waals surface area contributed by atoms with Crippen LogP contribution in [-0.4, -0.2) is 45.7 Å². The number of nitro groups is 1. The molecule has 6 rings (SSSR count). The minimum absolute atomic E-state index is 0.0553. The maximum absolute atomic E-state index is 12.5. The fourth-order valence-corrected chi connectivity index (χ4v) is 7.54. The molecule has 1 saturated heterocycles. The first kappa shape index (κ1) is 24.8. The number of nitro benzene ring substituents is 1. The van der Waals surface area contributed by atoms with Gasteiger partial charge in [-0.15, -0.1) is 0 Å². The van der Waals surface area contributed by atoms with Crippen LogP contribution in [0, 0.1) is 20.9 Å². The number of hydrogen-bond donors (Lipinski definition) is 0. The third-order valence-electron chi connectivity index (χ3n) is 9.57. The van der Waals surface area contributed by atoms with Crippen molar-refractivity contribution in [2.45, 2.75) is 70.6 Å². The van der Waals surface area contributed by atoms with Crippen LogP contribution in [0.15, 0.2) is 66.5 Å². The van der Waals surface area contributed by atoms with E-state index in [0.717, 1.165) is 45.1 Å². The molecule has 2 aliphatic heterocycles. The van der Waals surface area contributed by atoms with Crippen LogP contribution in [0.2, 0.25) is 0 Å². The normalized spacial score (nSPS) is 32.2. The topological polar surface area (TPSA) is 94.8 Å². The van der Waals surface area contributed by atoms with Gasteiger partial charge in [0.25, 0.3) is 5.69 Å². The summed E-state index contributed by atoms with van der Waals surface area (Å²) in [6.45, 7) is 5.75. The third kappa shape index (κ3) is 4.11. The number of nitrogens with zero attached hydrogens (tertiary/aromatic N) is 3. The minimum Gasteiger partial charge on any atom is -0.430 e. The van der Waals surface area contributed by atoms with Gasteiger partial charge in [-0.1, -0.05) is 37.6 Å². The van der Waals surface area contributed by atoms with E-state index in [2.05, 4.69) is 41.9 Å². The SMILES string of the molecule is CC12CCC(OC(=O)Oc3ccc([N+](=O)[O-])cc3)CC1=CCN1C2CCC2(C)C(c3cccnc3)=CCC12. The lowest BCUT2D eigenvalue weighted by molar-refractivity contribution is -0.384. The Labute approximate surface area is 222 Å². The first-order chi connectivity index (χ1) is 18.3. The fourth-order valence-electron chi connectivity index (χ4n) is 7.54. The summed E-state index contributed by atoms with van der Waals surface area (Å²) in [6, 6.07) is 10.6. The average molecular weight is 516 g/mol. The van der Waals surface area contributed by atoms with E-state index in [1.165, 1.54) is 41.0 Å². The van der Waals surface area contributed by atoms with E-state index < -0.39 is 11.1 Å². The van der Waals surface area contributed by atoms with Crippen molar-refractivity contribution < 1.29 is 19.2 Å². The molecule has 198 valence electrons. The van der Waals surface area contributed by atoms with Crippen molar-refractivity contribution in [2.75, 3.05) is 6.54 Å². The van der Waals surface area contributed by atoms with E-state index in [-0.39, 0.29) is 28.4 Å². The molecule has 5 atom stereocenters. The number of carbonyl (C=O) groups excluding carboxylic acids is 1. The minimum atomic E-state index is -0.765. The predicted molar refractivity (Wildman–Crippen MR) is 142 cm³/mol. The number of piperidine rings is 1. The summed E-state index contributed by atoms with van der Waals surface area (Å²) in [5, 5.41) is 10.8.